The minimum atomic E-state index is -0.407. The molecule has 4 nitrogen and oxygen atoms in total. The van der Waals surface area contributed by atoms with E-state index in [9.17, 15) is 9.59 Å². The highest BCUT2D eigenvalue weighted by atomic mass is 35.5. The van der Waals surface area contributed by atoms with Crippen LogP contribution in [0.2, 0.25) is 5.02 Å². The number of carbonyl (C=O) groups excluding carboxylic acids is 2. The first-order chi connectivity index (χ1) is 12.6. The van der Waals surface area contributed by atoms with Crippen LogP contribution in [0, 0.1) is 0 Å². The Balaban J connectivity index is 0. The Morgan fingerprint density at radius 1 is 1.00 bits per heavy atom. The number of benzene rings is 2. The first kappa shape index (κ1) is 29.9. The van der Waals surface area contributed by atoms with Gasteiger partial charge in [-0.15, -0.1) is 24.8 Å². The van der Waals surface area contributed by atoms with Crippen LogP contribution in [0.3, 0.4) is 0 Å². The third-order valence-electron chi connectivity index (χ3n) is 3.78. The second kappa shape index (κ2) is 13.8. The summed E-state index contributed by atoms with van der Waals surface area (Å²) in [6.45, 7) is 7.97. The molecule has 0 radical (unpaired) electrons. The Labute approximate surface area is 195 Å². The minimum Gasteiger partial charge on any atom is -0.276 e. The Morgan fingerprint density at radius 3 is 1.90 bits per heavy atom. The lowest BCUT2D eigenvalue weighted by atomic mass is 10.0. The fourth-order valence-corrected chi connectivity index (χ4v) is 2.85. The van der Waals surface area contributed by atoms with E-state index in [-0.39, 0.29) is 36.3 Å². The van der Waals surface area contributed by atoms with Crippen LogP contribution in [-0.2, 0) is 6.42 Å². The van der Waals surface area contributed by atoms with Gasteiger partial charge in [0, 0.05) is 23.2 Å². The molecule has 2 aromatic rings. The normalized spacial score (nSPS) is 9.90. The van der Waals surface area contributed by atoms with E-state index in [1.165, 1.54) is 0 Å². The van der Waals surface area contributed by atoms with E-state index in [0.717, 1.165) is 12.0 Å². The number of hydrogen-bond donors (Lipinski definition) is 1. The molecular weight excluding hydrogens is 454 g/mol. The van der Waals surface area contributed by atoms with Crippen molar-refractivity contribution in [1.82, 2.24) is 10.4 Å². The standard InChI is InChI=1S/C14H21ClN2O.C7H5ClO.2ClH/c1-6-10-7-8-11(9-12(10)15)13(18)17(16-5)14(2,3)4;8-7(9)6-4-2-1-3-5-6;;/h7-9,16H,6H2,1-5H3;1-5H;2*1H. The van der Waals surface area contributed by atoms with Crippen LogP contribution in [0.1, 0.15) is 54.0 Å². The van der Waals surface area contributed by atoms with Crippen molar-refractivity contribution in [1.29, 1.82) is 0 Å². The van der Waals surface area contributed by atoms with Crippen LogP contribution >= 0.6 is 48.0 Å². The van der Waals surface area contributed by atoms with E-state index < -0.39 is 5.24 Å². The third-order valence-corrected chi connectivity index (χ3v) is 4.35. The van der Waals surface area contributed by atoms with E-state index in [2.05, 4.69) is 5.43 Å². The van der Waals surface area contributed by atoms with Gasteiger partial charge in [-0.1, -0.05) is 54.9 Å². The lowest BCUT2D eigenvalue weighted by molar-refractivity contribution is 0.0442. The molecule has 0 spiro atoms. The number of rotatable bonds is 4. The number of nitrogens with zero attached hydrogens (tertiary/aromatic N) is 1. The summed E-state index contributed by atoms with van der Waals surface area (Å²) in [6.07, 6.45) is 0.863. The predicted molar refractivity (Wildman–Crippen MR) is 127 cm³/mol. The van der Waals surface area contributed by atoms with Gasteiger partial charge in [-0.3, -0.25) is 14.6 Å². The molecule has 0 saturated heterocycles. The molecule has 1 N–H and O–H groups in total. The molecule has 0 atom stereocenters. The smallest absolute Gasteiger partial charge is 0.268 e. The van der Waals surface area contributed by atoms with Crippen molar-refractivity contribution in [2.75, 3.05) is 7.05 Å². The number of nitrogens with one attached hydrogen (secondary N) is 1. The molecule has 1 amide bonds. The maximum atomic E-state index is 12.4. The van der Waals surface area contributed by atoms with Gasteiger partial charge in [-0.05, 0) is 56.5 Å². The highest BCUT2D eigenvalue weighted by Gasteiger charge is 2.26. The molecule has 2 rings (SSSR count). The van der Waals surface area contributed by atoms with Gasteiger partial charge >= 0.3 is 0 Å². The molecule has 2 aromatic carbocycles. The molecule has 0 unspecified atom stereocenters. The van der Waals surface area contributed by atoms with Crippen molar-refractivity contribution >= 4 is 59.2 Å². The summed E-state index contributed by atoms with van der Waals surface area (Å²) in [5.74, 6) is -0.0745. The number of carbonyl (C=O) groups is 2. The first-order valence-electron chi connectivity index (χ1n) is 8.67. The van der Waals surface area contributed by atoms with Crippen molar-refractivity contribution in [2.24, 2.45) is 0 Å². The minimum absolute atomic E-state index is 0. The van der Waals surface area contributed by atoms with Crippen LogP contribution in [0.15, 0.2) is 48.5 Å². The Morgan fingerprint density at radius 2 is 1.55 bits per heavy atom. The van der Waals surface area contributed by atoms with Gasteiger partial charge < -0.3 is 0 Å². The number of hydrazine groups is 1. The SMILES string of the molecule is CCc1ccc(C(=O)N(NC)C(C)(C)C)cc1Cl.Cl.Cl.O=C(Cl)c1ccccc1. The summed E-state index contributed by atoms with van der Waals surface area (Å²) < 4.78 is 0. The van der Waals surface area contributed by atoms with Gasteiger partial charge in [0.1, 0.15) is 0 Å². The van der Waals surface area contributed by atoms with Crippen LogP contribution in [0.5, 0.6) is 0 Å². The summed E-state index contributed by atoms with van der Waals surface area (Å²) >= 11 is 11.3. The monoisotopic (exact) mass is 480 g/mol. The second-order valence-corrected chi connectivity index (χ2v) is 7.58. The lowest BCUT2D eigenvalue weighted by Gasteiger charge is -2.34. The number of hydrogen-bond acceptors (Lipinski definition) is 3. The largest absolute Gasteiger partial charge is 0.276 e. The number of aryl methyl sites for hydroxylation is 1. The highest BCUT2D eigenvalue weighted by molar-refractivity contribution is 6.67. The van der Waals surface area contributed by atoms with Crippen molar-refractivity contribution in [3.8, 4) is 0 Å². The zero-order chi connectivity index (χ0) is 20.6. The van der Waals surface area contributed by atoms with Gasteiger partial charge in [0.2, 0.25) is 0 Å². The zero-order valence-corrected chi connectivity index (χ0v) is 20.3. The zero-order valence-electron chi connectivity index (χ0n) is 17.2. The molecule has 29 heavy (non-hydrogen) atoms. The van der Waals surface area contributed by atoms with Gasteiger partial charge in [-0.2, -0.15) is 0 Å². The van der Waals surface area contributed by atoms with Crippen molar-refractivity contribution in [3.63, 3.8) is 0 Å². The average Bonchev–Trinajstić information content (AvgIpc) is 2.62. The summed E-state index contributed by atoms with van der Waals surface area (Å²) in [4.78, 5) is 22.8. The molecule has 8 heteroatoms. The fraction of sp³-hybridized carbons (Fsp3) is 0.333. The van der Waals surface area contributed by atoms with Crippen LogP contribution < -0.4 is 5.43 Å². The lowest BCUT2D eigenvalue weighted by Crippen LogP contribution is -2.52. The molecule has 162 valence electrons. The quantitative estimate of drug-likeness (QED) is 0.418. The molecule has 0 aromatic heterocycles. The van der Waals surface area contributed by atoms with E-state index in [0.29, 0.717) is 16.1 Å². The molecule has 0 saturated carbocycles. The third kappa shape index (κ3) is 9.37. The first-order valence-corrected chi connectivity index (χ1v) is 9.42. The molecule has 0 bridgehead atoms. The molecule has 0 aliphatic carbocycles. The van der Waals surface area contributed by atoms with Crippen LogP contribution in [0.25, 0.3) is 0 Å². The molecule has 0 aliphatic heterocycles. The molecule has 0 aliphatic rings. The van der Waals surface area contributed by atoms with Gasteiger partial charge in [-0.25, -0.2) is 5.43 Å². The fourth-order valence-electron chi connectivity index (χ4n) is 2.41. The van der Waals surface area contributed by atoms with Crippen molar-refractivity contribution < 1.29 is 9.59 Å². The van der Waals surface area contributed by atoms with Gasteiger partial charge in [0.15, 0.2) is 0 Å². The van der Waals surface area contributed by atoms with Crippen molar-refractivity contribution in [2.45, 2.75) is 39.7 Å². The number of amides is 1. The molecular formula is C21H28Cl4N2O2. The van der Waals surface area contributed by atoms with Crippen LogP contribution in [0.4, 0.5) is 0 Å². The van der Waals surface area contributed by atoms with Crippen LogP contribution in [-0.4, -0.2) is 28.7 Å². The van der Waals surface area contributed by atoms with E-state index in [1.807, 2.05) is 45.9 Å². The average molecular weight is 482 g/mol. The maximum Gasteiger partial charge on any atom is 0.268 e. The molecule has 0 fully saturated rings. The summed E-state index contributed by atoms with van der Waals surface area (Å²) in [5.41, 5.74) is 4.83. The Kier molecular flexibility index (Phi) is 14.3. The topological polar surface area (TPSA) is 49.4 Å². The van der Waals surface area contributed by atoms with Crippen molar-refractivity contribution in [3.05, 3.63) is 70.2 Å². The van der Waals surface area contributed by atoms with Gasteiger partial charge in [0.05, 0.1) is 5.54 Å². The highest BCUT2D eigenvalue weighted by Crippen LogP contribution is 2.21. The maximum absolute atomic E-state index is 12.4. The predicted octanol–water partition coefficient (Wildman–Crippen LogP) is 6.19. The number of halogens is 4. The Bertz CT molecular complexity index is 778. The van der Waals surface area contributed by atoms with E-state index in [1.54, 1.807) is 42.4 Å². The molecule has 0 heterocycles. The second-order valence-electron chi connectivity index (χ2n) is 6.83. The summed E-state index contributed by atoms with van der Waals surface area (Å²) in [7, 11) is 1.74. The van der Waals surface area contributed by atoms with Gasteiger partial charge in [0.25, 0.3) is 11.1 Å². The summed E-state index contributed by atoms with van der Waals surface area (Å²) in [5, 5.41) is 1.84. The van der Waals surface area contributed by atoms with E-state index >= 15 is 0 Å². The van der Waals surface area contributed by atoms with E-state index in [4.69, 9.17) is 23.2 Å². The Hall–Kier alpha value is -1.30. The summed E-state index contributed by atoms with van der Waals surface area (Å²) in [6, 6.07) is 14.2.